The highest BCUT2D eigenvalue weighted by molar-refractivity contribution is 5.86. The van der Waals surface area contributed by atoms with Gasteiger partial charge in [-0.3, -0.25) is 0 Å². The SMILES string of the molecule is Nc1ccc(C2(c3ccccc3O)c3ccccc3-c3ccccc32)cc1. The number of anilines is 1. The molecule has 0 unspecified atom stereocenters. The van der Waals surface area contributed by atoms with Crippen LogP contribution in [0.2, 0.25) is 0 Å². The van der Waals surface area contributed by atoms with Gasteiger partial charge < -0.3 is 10.8 Å². The molecular formula is C25H19NO. The fourth-order valence-electron chi connectivity index (χ4n) is 4.52. The molecule has 0 aliphatic heterocycles. The first kappa shape index (κ1) is 15.7. The fraction of sp³-hybridized carbons (Fsp3) is 0.0400. The lowest BCUT2D eigenvalue weighted by atomic mass is 9.67. The van der Waals surface area contributed by atoms with Gasteiger partial charge in [-0.2, -0.15) is 0 Å². The van der Waals surface area contributed by atoms with Crippen LogP contribution >= 0.6 is 0 Å². The van der Waals surface area contributed by atoms with Gasteiger partial charge in [-0.25, -0.2) is 0 Å². The van der Waals surface area contributed by atoms with E-state index < -0.39 is 5.41 Å². The van der Waals surface area contributed by atoms with Gasteiger partial charge in [-0.1, -0.05) is 78.9 Å². The average molecular weight is 349 g/mol. The zero-order chi connectivity index (χ0) is 18.4. The molecule has 130 valence electrons. The number of aromatic hydroxyl groups is 1. The average Bonchev–Trinajstić information content (AvgIpc) is 3.01. The molecule has 0 bridgehead atoms. The highest BCUT2D eigenvalue weighted by Crippen LogP contribution is 2.57. The van der Waals surface area contributed by atoms with Crippen LogP contribution in [0.15, 0.2) is 97.1 Å². The molecule has 0 atom stereocenters. The van der Waals surface area contributed by atoms with E-state index >= 15 is 0 Å². The number of nitrogen functional groups attached to an aromatic ring is 1. The van der Waals surface area contributed by atoms with Gasteiger partial charge in [0.25, 0.3) is 0 Å². The molecule has 27 heavy (non-hydrogen) atoms. The summed E-state index contributed by atoms with van der Waals surface area (Å²) in [5, 5.41) is 10.9. The third kappa shape index (κ3) is 2.07. The Labute approximate surface area is 158 Å². The van der Waals surface area contributed by atoms with E-state index in [9.17, 15) is 5.11 Å². The molecule has 0 radical (unpaired) electrons. The van der Waals surface area contributed by atoms with Crippen LogP contribution in [0.4, 0.5) is 5.69 Å². The van der Waals surface area contributed by atoms with Gasteiger partial charge in [-0.15, -0.1) is 0 Å². The number of nitrogens with two attached hydrogens (primary N) is 1. The number of hydrogen-bond donors (Lipinski definition) is 2. The van der Waals surface area contributed by atoms with Crippen LogP contribution in [-0.4, -0.2) is 5.11 Å². The van der Waals surface area contributed by atoms with Gasteiger partial charge in [0.1, 0.15) is 5.75 Å². The molecule has 2 heteroatoms. The monoisotopic (exact) mass is 349 g/mol. The number of benzene rings is 4. The number of para-hydroxylation sites is 1. The van der Waals surface area contributed by atoms with E-state index in [1.54, 1.807) is 6.07 Å². The van der Waals surface area contributed by atoms with Crippen LogP contribution < -0.4 is 5.73 Å². The van der Waals surface area contributed by atoms with Crippen LogP contribution in [0.5, 0.6) is 5.75 Å². The van der Waals surface area contributed by atoms with Crippen molar-refractivity contribution in [3.8, 4) is 16.9 Å². The standard InChI is InChI=1S/C25H19NO/c26-18-15-13-17(14-16-18)25(23-11-5-6-12-24(23)27)21-9-3-1-7-19(21)20-8-2-4-10-22(20)25/h1-16,27H,26H2. The Balaban J connectivity index is 1.98. The molecule has 0 saturated heterocycles. The molecule has 2 nitrogen and oxygen atoms in total. The molecule has 4 aromatic rings. The minimum absolute atomic E-state index is 0.292. The summed E-state index contributed by atoms with van der Waals surface area (Å²) in [5.74, 6) is 0.292. The molecule has 0 saturated carbocycles. The topological polar surface area (TPSA) is 46.2 Å². The van der Waals surface area contributed by atoms with E-state index in [0.717, 1.165) is 16.8 Å². The van der Waals surface area contributed by atoms with Crippen molar-refractivity contribution >= 4 is 5.69 Å². The Morgan fingerprint density at radius 1 is 0.556 bits per heavy atom. The van der Waals surface area contributed by atoms with Crippen LogP contribution in [0.1, 0.15) is 22.3 Å². The lowest BCUT2D eigenvalue weighted by molar-refractivity contribution is 0.461. The summed E-state index contributed by atoms with van der Waals surface area (Å²) in [7, 11) is 0. The molecule has 5 rings (SSSR count). The van der Waals surface area contributed by atoms with Crippen molar-refractivity contribution in [3.05, 3.63) is 119 Å². The van der Waals surface area contributed by atoms with Crippen LogP contribution in [0, 0.1) is 0 Å². The van der Waals surface area contributed by atoms with Gasteiger partial charge in [-0.05, 0) is 46.0 Å². The Bertz CT molecular complexity index is 1100. The second-order valence-electron chi connectivity index (χ2n) is 6.98. The normalized spacial score (nSPS) is 13.8. The van der Waals surface area contributed by atoms with Crippen molar-refractivity contribution in [2.24, 2.45) is 0 Å². The van der Waals surface area contributed by atoms with Gasteiger partial charge in [0.2, 0.25) is 0 Å². The van der Waals surface area contributed by atoms with E-state index in [1.807, 2.05) is 30.3 Å². The van der Waals surface area contributed by atoms with Crippen molar-refractivity contribution in [1.82, 2.24) is 0 Å². The van der Waals surface area contributed by atoms with Crippen molar-refractivity contribution in [2.45, 2.75) is 5.41 Å². The minimum Gasteiger partial charge on any atom is -0.508 e. The molecule has 4 aromatic carbocycles. The van der Waals surface area contributed by atoms with E-state index in [0.29, 0.717) is 5.75 Å². The number of fused-ring (bicyclic) bond motifs is 3. The second-order valence-corrected chi connectivity index (χ2v) is 6.98. The summed E-state index contributed by atoms with van der Waals surface area (Å²) in [4.78, 5) is 0. The molecule has 0 spiro atoms. The smallest absolute Gasteiger partial charge is 0.120 e. The highest BCUT2D eigenvalue weighted by Gasteiger charge is 2.47. The molecule has 1 aliphatic rings. The van der Waals surface area contributed by atoms with Crippen LogP contribution in [0.3, 0.4) is 0 Å². The van der Waals surface area contributed by atoms with Crippen molar-refractivity contribution < 1.29 is 5.11 Å². The first-order chi connectivity index (χ1) is 13.2. The quantitative estimate of drug-likeness (QED) is 0.423. The van der Waals surface area contributed by atoms with Gasteiger partial charge in [0.05, 0.1) is 5.41 Å². The summed E-state index contributed by atoms with van der Waals surface area (Å²) in [6.45, 7) is 0. The number of phenols is 1. The summed E-state index contributed by atoms with van der Waals surface area (Å²) >= 11 is 0. The van der Waals surface area contributed by atoms with Gasteiger partial charge >= 0.3 is 0 Å². The molecule has 3 N–H and O–H groups in total. The minimum atomic E-state index is -0.577. The van der Waals surface area contributed by atoms with Gasteiger partial charge in [0, 0.05) is 11.3 Å². The summed E-state index contributed by atoms with van der Waals surface area (Å²) in [6.07, 6.45) is 0. The lowest BCUT2D eigenvalue weighted by Gasteiger charge is -2.34. The molecule has 0 amide bonds. The Kier molecular flexibility index (Phi) is 3.34. The zero-order valence-electron chi connectivity index (χ0n) is 14.8. The summed E-state index contributed by atoms with van der Waals surface area (Å²) < 4.78 is 0. The highest BCUT2D eigenvalue weighted by atomic mass is 16.3. The number of rotatable bonds is 2. The maximum absolute atomic E-state index is 10.9. The van der Waals surface area contributed by atoms with E-state index in [1.165, 1.54) is 22.3 Å². The van der Waals surface area contributed by atoms with Crippen LogP contribution in [0.25, 0.3) is 11.1 Å². The third-order valence-corrected chi connectivity index (χ3v) is 5.60. The molecular weight excluding hydrogens is 330 g/mol. The zero-order valence-corrected chi connectivity index (χ0v) is 14.8. The lowest BCUT2D eigenvalue weighted by Crippen LogP contribution is -2.28. The predicted octanol–water partition coefficient (Wildman–Crippen LogP) is 5.34. The molecule has 0 fully saturated rings. The maximum Gasteiger partial charge on any atom is 0.120 e. The molecule has 0 heterocycles. The summed E-state index contributed by atoms with van der Waals surface area (Å²) in [6, 6.07) is 32.5. The Morgan fingerprint density at radius 3 is 1.59 bits per heavy atom. The number of hydrogen-bond acceptors (Lipinski definition) is 2. The third-order valence-electron chi connectivity index (χ3n) is 5.60. The molecule has 0 aromatic heterocycles. The first-order valence-electron chi connectivity index (χ1n) is 9.07. The summed E-state index contributed by atoms with van der Waals surface area (Å²) in [5.41, 5.74) is 12.9. The van der Waals surface area contributed by atoms with Crippen molar-refractivity contribution in [3.63, 3.8) is 0 Å². The maximum atomic E-state index is 10.9. The van der Waals surface area contributed by atoms with Crippen molar-refractivity contribution in [2.75, 3.05) is 5.73 Å². The van der Waals surface area contributed by atoms with Crippen LogP contribution in [-0.2, 0) is 5.41 Å². The number of phenolic OH excluding ortho intramolecular Hbond substituents is 1. The first-order valence-corrected chi connectivity index (χ1v) is 9.07. The Hall–Kier alpha value is -3.52. The van der Waals surface area contributed by atoms with Gasteiger partial charge in [0.15, 0.2) is 0 Å². The van der Waals surface area contributed by atoms with E-state index in [-0.39, 0.29) is 0 Å². The fourth-order valence-corrected chi connectivity index (χ4v) is 4.52. The second kappa shape index (κ2) is 5.75. The largest absolute Gasteiger partial charge is 0.508 e. The van der Waals surface area contributed by atoms with Crippen molar-refractivity contribution in [1.29, 1.82) is 0 Å². The predicted molar refractivity (Wildman–Crippen MR) is 110 cm³/mol. The molecule has 1 aliphatic carbocycles. The Morgan fingerprint density at radius 2 is 1.04 bits per heavy atom. The van der Waals surface area contributed by atoms with E-state index in [2.05, 4.69) is 60.7 Å². The van der Waals surface area contributed by atoms with E-state index in [4.69, 9.17) is 5.73 Å².